The Labute approximate surface area is 68.6 Å². The molecule has 0 amide bonds. The molecule has 0 aliphatic rings. The second-order valence-electron chi connectivity index (χ2n) is 2.14. The van der Waals surface area contributed by atoms with E-state index in [2.05, 4.69) is 5.92 Å². The maximum Gasteiger partial charge on any atom is 0.335 e. The van der Waals surface area contributed by atoms with E-state index in [1.165, 1.54) is 6.07 Å². The summed E-state index contributed by atoms with van der Waals surface area (Å²) in [5, 5.41) is 8.50. The molecule has 0 radical (unpaired) electrons. The van der Waals surface area contributed by atoms with Gasteiger partial charge in [-0.25, -0.2) is 9.18 Å². The summed E-state index contributed by atoms with van der Waals surface area (Å²) in [7, 11) is 0. The largest absolute Gasteiger partial charge is 0.478 e. The highest BCUT2D eigenvalue weighted by atomic mass is 19.1. The smallest absolute Gasteiger partial charge is 0.335 e. The second-order valence-corrected chi connectivity index (χ2v) is 2.14. The van der Waals surface area contributed by atoms with E-state index in [0.29, 0.717) is 0 Å². The average molecular weight is 164 g/mol. The lowest BCUT2D eigenvalue weighted by Gasteiger charge is -1.96. The predicted octanol–water partition coefficient (Wildman–Crippen LogP) is 1.51. The molecular formula is C9H5FO2. The molecule has 0 heterocycles. The number of carboxylic acid groups (broad SMARTS) is 1. The first-order valence-electron chi connectivity index (χ1n) is 3.14. The average Bonchev–Trinajstić information content (AvgIpc) is 2.05. The highest BCUT2D eigenvalue weighted by Crippen LogP contribution is 2.08. The summed E-state index contributed by atoms with van der Waals surface area (Å²) in [6.45, 7) is 0. The number of hydrogen-bond donors (Lipinski definition) is 1. The number of carboxylic acids is 1. The summed E-state index contributed by atoms with van der Waals surface area (Å²) in [5.74, 6) is 0.352. The monoisotopic (exact) mass is 164 g/mol. The van der Waals surface area contributed by atoms with E-state index < -0.39 is 11.8 Å². The first kappa shape index (κ1) is 8.28. The van der Waals surface area contributed by atoms with Gasteiger partial charge in [0, 0.05) is 0 Å². The van der Waals surface area contributed by atoms with E-state index in [4.69, 9.17) is 11.5 Å². The Morgan fingerprint density at radius 2 is 2.25 bits per heavy atom. The molecule has 0 aliphatic heterocycles. The summed E-state index contributed by atoms with van der Waals surface area (Å²) >= 11 is 0. The van der Waals surface area contributed by atoms with Crippen LogP contribution in [-0.4, -0.2) is 11.1 Å². The normalized spacial score (nSPS) is 9.00. The van der Waals surface area contributed by atoms with Gasteiger partial charge >= 0.3 is 5.97 Å². The molecule has 60 valence electrons. The third-order valence-corrected chi connectivity index (χ3v) is 1.37. The van der Waals surface area contributed by atoms with Crippen LogP contribution < -0.4 is 0 Å². The van der Waals surface area contributed by atoms with Crippen LogP contribution in [-0.2, 0) is 0 Å². The van der Waals surface area contributed by atoms with Gasteiger partial charge in [-0.2, -0.15) is 0 Å². The number of aromatic carboxylic acids is 1. The highest BCUT2D eigenvalue weighted by Gasteiger charge is 2.05. The van der Waals surface area contributed by atoms with Crippen molar-refractivity contribution in [2.75, 3.05) is 0 Å². The molecule has 0 unspecified atom stereocenters. The summed E-state index contributed by atoms with van der Waals surface area (Å²) < 4.78 is 12.7. The fraction of sp³-hybridized carbons (Fsp3) is 0. The Balaban J connectivity index is 3.25. The van der Waals surface area contributed by atoms with Gasteiger partial charge in [0.25, 0.3) is 0 Å². The number of benzene rings is 1. The molecule has 1 aromatic carbocycles. The van der Waals surface area contributed by atoms with Gasteiger partial charge in [-0.1, -0.05) is 5.92 Å². The minimum atomic E-state index is -1.12. The Bertz CT molecular complexity index is 363. The van der Waals surface area contributed by atoms with Crippen molar-refractivity contribution in [1.82, 2.24) is 0 Å². The van der Waals surface area contributed by atoms with Crippen LogP contribution in [0.1, 0.15) is 15.9 Å². The molecule has 1 N–H and O–H groups in total. The molecule has 1 rings (SSSR count). The maximum absolute atomic E-state index is 12.7. The zero-order valence-corrected chi connectivity index (χ0v) is 6.04. The minimum absolute atomic E-state index is 0.00986. The van der Waals surface area contributed by atoms with E-state index >= 15 is 0 Å². The lowest BCUT2D eigenvalue weighted by molar-refractivity contribution is 0.0697. The lowest BCUT2D eigenvalue weighted by atomic mass is 10.1. The minimum Gasteiger partial charge on any atom is -0.478 e. The number of carbonyl (C=O) groups is 1. The van der Waals surface area contributed by atoms with Crippen LogP contribution >= 0.6 is 0 Å². The van der Waals surface area contributed by atoms with Crippen molar-refractivity contribution >= 4 is 5.97 Å². The van der Waals surface area contributed by atoms with Crippen molar-refractivity contribution in [1.29, 1.82) is 0 Å². The van der Waals surface area contributed by atoms with Crippen molar-refractivity contribution in [3.05, 3.63) is 35.1 Å². The van der Waals surface area contributed by atoms with Gasteiger partial charge in [0.15, 0.2) is 0 Å². The molecule has 0 saturated carbocycles. The van der Waals surface area contributed by atoms with Crippen LogP contribution in [0.3, 0.4) is 0 Å². The van der Waals surface area contributed by atoms with Gasteiger partial charge in [-0.3, -0.25) is 0 Å². The molecule has 0 aliphatic carbocycles. The Morgan fingerprint density at radius 3 is 2.75 bits per heavy atom. The number of halogens is 1. The summed E-state index contributed by atoms with van der Waals surface area (Å²) in [5.41, 5.74) is -0.0424. The molecule has 3 heteroatoms. The van der Waals surface area contributed by atoms with Crippen molar-refractivity contribution in [3.8, 4) is 12.3 Å². The number of terminal acetylenes is 1. The van der Waals surface area contributed by atoms with Crippen LogP contribution in [0.5, 0.6) is 0 Å². The molecule has 0 saturated heterocycles. The fourth-order valence-electron chi connectivity index (χ4n) is 0.769. The summed E-state index contributed by atoms with van der Waals surface area (Å²) in [6, 6.07) is 3.33. The molecule has 0 bridgehead atoms. The van der Waals surface area contributed by atoms with Gasteiger partial charge in [0.05, 0.1) is 11.1 Å². The van der Waals surface area contributed by atoms with E-state index in [-0.39, 0.29) is 11.1 Å². The van der Waals surface area contributed by atoms with Crippen LogP contribution in [0.15, 0.2) is 18.2 Å². The molecule has 12 heavy (non-hydrogen) atoms. The first-order valence-corrected chi connectivity index (χ1v) is 3.14. The van der Waals surface area contributed by atoms with Gasteiger partial charge in [-0.15, -0.1) is 6.42 Å². The van der Waals surface area contributed by atoms with E-state index in [0.717, 1.165) is 12.1 Å². The first-order chi connectivity index (χ1) is 5.65. The molecule has 0 aromatic heterocycles. The SMILES string of the molecule is C#Cc1cc(C(=O)O)ccc1F. The highest BCUT2D eigenvalue weighted by molar-refractivity contribution is 5.88. The molecular weight excluding hydrogens is 159 g/mol. The fourth-order valence-corrected chi connectivity index (χ4v) is 0.769. The molecule has 1 aromatic rings. The van der Waals surface area contributed by atoms with Crippen LogP contribution in [0.2, 0.25) is 0 Å². The Morgan fingerprint density at radius 1 is 1.58 bits per heavy atom. The van der Waals surface area contributed by atoms with Crippen molar-refractivity contribution in [3.63, 3.8) is 0 Å². The van der Waals surface area contributed by atoms with E-state index in [9.17, 15) is 9.18 Å². The Hall–Kier alpha value is -1.82. The lowest BCUT2D eigenvalue weighted by Crippen LogP contribution is -1.97. The number of hydrogen-bond acceptors (Lipinski definition) is 1. The zero-order chi connectivity index (χ0) is 9.14. The Kier molecular flexibility index (Phi) is 2.11. The molecule has 0 spiro atoms. The summed E-state index contributed by atoms with van der Waals surface area (Å²) in [6.07, 6.45) is 4.94. The van der Waals surface area contributed by atoms with Crippen LogP contribution in [0, 0.1) is 18.2 Å². The van der Waals surface area contributed by atoms with Gasteiger partial charge < -0.3 is 5.11 Å². The van der Waals surface area contributed by atoms with Crippen molar-refractivity contribution in [2.24, 2.45) is 0 Å². The predicted molar refractivity (Wildman–Crippen MR) is 41.3 cm³/mol. The standard InChI is InChI=1S/C9H5FO2/c1-2-6-5-7(9(11)12)3-4-8(6)10/h1,3-5H,(H,11,12). The number of rotatable bonds is 1. The third kappa shape index (κ3) is 1.43. The van der Waals surface area contributed by atoms with Gasteiger partial charge in [-0.05, 0) is 18.2 Å². The van der Waals surface area contributed by atoms with E-state index in [1.54, 1.807) is 0 Å². The zero-order valence-electron chi connectivity index (χ0n) is 6.04. The summed E-state index contributed by atoms with van der Waals surface area (Å²) in [4.78, 5) is 10.4. The molecule has 0 atom stereocenters. The molecule has 2 nitrogen and oxygen atoms in total. The van der Waals surface area contributed by atoms with Crippen LogP contribution in [0.4, 0.5) is 4.39 Å². The van der Waals surface area contributed by atoms with E-state index in [1.807, 2.05) is 0 Å². The van der Waals surface area contributed by atoms with Gasteiger partial charge in [0.1, 0.15) is 5.82 Å². The second kappa shape index (κ2) is 3.05. The van der Waals surface area contributed by atoms with Gasteiger partial charge in [0.2, 0.25) is 0 Å². The third-order valence-electron chi connectivity index (χ3n) is 1.37. The topological polar surface area (TPSA) is 37.3 Å². The van der Waals surface area contributed by atoms with Crippen molar-refractivity contribution < 1.29 is 14.3 Å². The van der Waals surface area contributed by atoms with Crippen LogP contribution in [0.25, 0.3) is 0 Å². The van der Waals surface area contributed by atoms with Crippen molar-refractivity contribution in [2.45, 2.75) is 0 Å². The molecule has 0 fully saturated rings. The quantitative estimate of drug-likeness (QED) is 0.638. The maximum atomic E-state index is 12.7.